The lowest BCUT2D eigenvalue weighted by Gasteiger charge is -2.15. The number of hydrogen-bond donors (Lipinski definition) is 1. The topological polar surface area (TPSA) is 56.0 Å². The molecular formula is C11H10N2OS. The molecule has 1 aliphatic rings. The Morgan fingerprint density at radius 1 is 1.40 bits per heavy atom. The van der Waals surface area contributed by atoms with Crippen LogP contribution >= 0.6 is 11.3 Å². The van der Waals surface area contributed by atoms with Crippen molar-refractivity contribution >= 4 is 33.0 Å². The average Bonchev–Trinajstić information content (AvgIpc) is 2.66. The number of carbonyl (C=O) groups is 1. The molecule has 15 heavy (non-hydrogen) atoms. The number of carbonyl (C=O) groups excluding carboxylic acids is 1. The summed E-state index contributed by atoms with van der Waals surface area (Å²) in [7, 11) is 0. The molecule has 0 saturated carbocycles. The number of aromatic nitrogens is 1. The number of nitrogens with two attached hydrogens (primary N) is 1. The Kier molecular flexibility index (Phi) is 1.79. The molecule has 2 heterocycles. The summed E-state index contributed by atoms with van der Waals surface area (Å²) in [5.74, 6) is 0.150. The maximum atomic E-state index is 11.8. The van der Waals surface area contributed by atoms with Gasteiger partial charge in [-0.15, -0.1) is 11.3 Å². The van der Waals surface area contributed by atoms with Gasteiger partial charge in [-0.05, 0) is 24.3 Å². The van der Waals surface area contributed by atoms with Crippen molar-refractivity contribution in [1.82, 2.24) is 4.98 Å². The van der Waals surface area contributed by atoms with E-state index in [9.17, 15) is 4.79 Å². The van der Waals surface area contributed by atoms with E-state index in [0.717, 1.165) is 28.8 Å². The molecule has 0 atom stereocenters. The van der Waals surface area contributed by atoms with Crippen LogP contribution in [0.15, 0.2) is 11.4 Å². The van der Waals surface area contributed by atoms with Crippen LogP contribution in [0.4, 0.5) is 5.69 Å². The lowest BCUT2D eigenvalue weighted by Crippen LogP contribution is -2.15. The number of hydrogen-bond acceptors (Lipinski definition) is 4. The maximum Gasteiger partial charge on any atom is 0.166 e. The first-order valence-electron chi connectivity index (χ1n) is 4.96. The van der Waals surface area contributed by atoms with Gasteiger partial charge in [0.05, 0.1) is 27.2 Å². The Labute approximate surface area is 90.9 Å². The number of thiophene rings is 1. The van der Waals surface area contributed by atoms with Gasteiger partial charge in [0, 0.05) is 6.42 Å². The van der Waals surface area contributed by atoms with Crippen LogP contribution in [-0.4, -0.2) is 10.8 Å². The molecule has 4 heteroatoms. The molecule has 0 aliphatic heterocycles. The summed E-state index contributed by atoms with van der Waals surface area (Å²) in [6.07, 6.45) is 2.38. The molecule has 0 spiro atoms. The Bertz CT molecular complexity index is 559. The van der Waals surface area contributed by atoms with Crippen LogP contribution < -0.4 is 5.73 Å². The lowest BCUT2D eigenvalue weighted by atomic mass is 9.93. The van der Waals surface area contributed by atoms with E-state index >= 15 is 0 Å². The van der Waals surface area contributed by atoms with Crippen LogP contribution in [0.1, 0.15) is 28.9 Å². The zero-order valence-electron chi connectivity index (χ0n) is 8.12. The SMILES string of the molecule is Nc1c2c(nc3ccsc13)CCCC2=O. The number of nitrogen functional groups attached to an aromatic ring is 1. The van der Waals surface area contributed by atoms with Crippen LogP contribution in [0.25, 0.3) is 10.2 Å². The van der Waals surface area contributed by atoms with Gasteiger partial charge in [-0.3, -0.25) is 9.78 Å². The van der Waals surface area contributed by atoms with E-state index in [1.54, 1.807) is 11.3 Å². The fourth-order valence-electron chi connectivity index (χ4n) is 2.10. The third-order valence-electron chi connectivity index (χ3n) is 2.80. The third kappa shape index (κ3) is 1.18. The van der Waals surface area contributed by atoms with Crippen LogP contribution in [0.2, 0.25) is 0 Å². The minimum atomic E-state index is 0.150. The molecule has 0 unspecified atom stereocenters. The molecule has 2 N–H and O–H groups in total. The summed E-state index contributed by atoms with van der Waals surface area (Å²) in [4.78, 5) is 16.3. The van der Waals surface area contributed by atoms with Crippen molar-refractivity contribution in [3.8, 4) is 0 Å². The first kappa shape index (κ1) is 8.85. The molecule has 0 amide bonds. The van der Waals surface area contributed by atoms with Gasteiger partial charge in [0.2, 0.25) is 0 Å². The number of fused-ring (bicyclic) bond motifs is 2. The van der Waals surface area contributed by atoms with Crippen molar-refractivity contribution in [2.45, 2.75) is 19.3 Å². The number of nitrogens with zero attached hydrogens (tertiary/aromatic N) is 1. The smallest absolute Gasteiger partial charge is 0.166 e. The maximum absolute atomic E-state index is 11.8. The van der Waals surface area contributed by atoms with Gasteiger partial charge >= 0.3 is 0 Å². The number of pyridine rings is 1. The summed E-state index contributed by atoms with van der Waals surface area (Å²) in [5.41, 5.74) is 9.14. The van der Waals surface area contributed by atoms with Crippen molar-refractivity contribution in [3.63, 3.8) is 0 Å². The van der Waals surface area contributed by atoms with Gasteiger partial charge in [0.1, 0.15) is 0 Å². The van der Waals surface area contributed by atoms with Crippen LogP contribution in [0.3, 0.4) is 0 Å². The fraction of sp³-hybridized carbons (Fsp3) is 0.273. The van der Waals surface area contributed by atoms with Gasteiger partial charge in [-0.25, -0.2) is 0 Å². The molecule has 2 aromatic heterocycles. The molecule has 0 saturated heterocycles. The highest BCUT2D eigenvalue weighted by molar-refractivity contribution is 7.17. The summed E-state index contributed by atoms with van der Waals surface area (Å²) >= 11 is 1.55. The molecule has 2 aromatic rings. The van der Waals surface area contributed by atoms with Gasteiger partial charge in [0.25, 0.3) is 0 Å². The summed E-state index contributed by atoms with van der Waals surface area (Å²) < 4.78 is 0.948. The van der Waals surface area contributed by atoms with E-state index in [0.29, 0.717) is 17.7 Å². The fourth-order valence-corrected chi connectivity index (χ4v) is 2.89. The van der Waals surface area contributed by atoms with Crippen LogP contribution in [0, 0.1) is 0 Å². The average molecular weight is 218 g/mol. The summed E-state index contributed by atoms with van der Waals surface area (Å²) in [5, 5.41) is 1.96. The Morgan fingerprint density at radius 3 is 3.13 bits per heavy atom. The van der Waals surface area contributed by atoms with Gasteiger partial charge in [-0.1, -0.05) is 0 Å². The predicted molar refractivity (Wildman–Crippen MR) is 61.3 cm³/mol. The minimum absolute atomic E-state index is 0.150. The third-order valence-corrected chi connectivity index (χ3v) is 3.74. The van der Waals surface area contributed by atoms with Crippen molar-refractivity contribution in [3.05, 3.63) is 22.7 Å². The van der Waals surface area contributed by atoms with Crippen LogP contribution in [0.5, 0.6) is 0 Å². The summed E-state index contributed by atoms with van der Waals surface area (Å²) in [6, 6.07) is 1.95. The predicted octanol–water partition coefficient (Wildman–Crippen LogP) is 2.40. The molecule has 1 aliphatic carbocycles. The highest BCUT2D eigenvalue weighted by Crippen LogP contribution is 2.33. The number of Topliss-reactive ketones (excluding diaryl/α,β-unsaturated/α-hetero) is 1. The zero-order valence-corrected chi connectivity index (χ0v) is 8.93. The first-order chi connectivity index (χ1) is 7.27. The van der Waals surface area contributed by atoms with E-state index in [1.807, 2.05) is 11.4 Å². The van der Waals surface area contributed by atoms with Crippen LogP contribution in [-0.2, 0) is 6.42 Å². The minimum Gasteiger partial charge on any atom is -0.397 e. The van der Waals surface area contributed by atoms with E-state index in [1.165, 1.54) is 0 Å². The second kappa shape index (κ2) is 3.03. The normalized spacial score (nSPS) is 15.6. The number of anilines is 1. The molecule has 0 radical (unpaired) electrons. The molecule has 0 bridgehead atoms. The van der Waals surface area contributed by atoms with E-state index < -0.39 is 0 Å². The Hall–Kier alpha value is -1.42. The molecule has 0 fully saturated rings. The molecule has 0 aromatic carbocycles. The second-order valence-corrected chi connectivity index (χ2v) is 4.67. The van der Waals surface area contributed by atoms with Gasteiger partial charge < -0.3 is 5.73 Å². The second-order valence-electron chi connectivity index (χ2n) is 3.76. The molecule has 76 valence electrons. The molecular weight excluding hydrogens is 208 g/mol. The number of ketones is 1. The quantitative estimate of drug-likeness (QED) is 0.738. The Balaban J connectivity index is 2.41. The molecule has 3 nitrogen and oxygen atoms in total. The molecule has 3 rings (SSSR count). The monoisotopic (exact) mass is 218 g/mol. The van der Waals surface area contributed by atoms with Crippen molar-refractivity contribution in [2.24, 2.45) is 0 Å². The zero-order chi connectivity index (χ0) is 10.4. The lowest BCUT2D eigenvalue weighted by molar-refractivity contribution is 0.0973. The number of aryl methyl sites for hydroxylation is 1. The van der Waals surface area contributed by atoms with E-state index in [2.05, 4.69) is 4.98 Å². The summed E-state index contributed by atoms with van der Waals surface area (Å²) in [6.45, 7) is 0. The van der Waals surface area contributed by atoms with Crippen molar-refractivity contribution < 1.29 is 4.79 Å². The largest absolute Gasteiger partial charge is 0.397 e. The van der Waals surface area contributed by atoms with Gasteiger partial charge in [-0.2, -0.15) is 0 Å². The highest BCUT2D eigenvalue weighted by Gasteiger charge is 2.23. The van der Waals surface area contributed by atoms with E-state index in [-0.39, 0.29) is 5.78 Å². The standard InChI is InChI=1S/C11H10N2OS/c12-10-9-6(2-1-3-8(9)14)13-7-4-5-15-11(7)10/h4-5H,1-3H2,(H2,12,13). The first-order valence-corrected chi connectivity index (χ1v) is 5.84. The van der Waals surface area contributed by atoms with E-state index in [4.69, 9.17) is 5.73 Å². The highest BCUT2D eigenvalue weighted by atomic mass is 32.1. The number of rotatable bonds is 0. The van der Waals surface area contributed by atoms with Crippen molar-refractivity contribution in [1.29, 1.82) is 0 Å². The van der Waals surface area contributed by atoms with Crippen molar-refractivity contribution in [2.75, 3.05) is 5.73 Å². The Morgan fingerprint density at radius 2 is 2.27 bits per heavy atom. The van der Waals surface area contributed by atoms with Gasteiger partial charge in [0.15, 0.2) is 5.78 Å².